The van der Waals surface area contributed by atoms with E-state index in [9.17, 15) is 4.79 Å². The highest BCUT2D eigenvalue weighted by atomic mass is 32.2. The molecule has 3 rings (SSSR count). The number of ketones is 1. The van der Waals surface area contributed by atoms with E-state index < -0.39 is 0 Å². The van der Waals surface area contributed by atoms with Crippen LogP contribution in [0.1, 0.15) is 21.3 Å². The van der Waals surface area contributed by atoms with Crippen LogP contribution in [0.4, 0.5) is 0 Å². The number of carbonyl (C=O) groups excluding carboxylic acids is 1. The summed E-state index contributed by atoms with van der Waals surface area (Å²) in [5.74, 6) is 1.01. The molecule has 0 bridgehead atoms. The van der Waals surface area contributed by atoms with Gasteiger partial charge < -0.3 is 0 Å². The standard InChI is InChI=1S/C16H15NOS/c18-15(12-7-3-1-4-8-12)14-11-19-16(17-14)13-9-5-2-6-10-13/h1-10,14,16-17H,11H2. The van der Waals surface area contributed by atoms with Gasteiger partial charge in [0.05, 0.1) is 11.4 Å². The molecule has 0 aliphatic carbocycles. The molecule has 0 saturated carbocycles. The summed E-state index contributed by atoms with van der Waals surface area (Å²) in [7, 11) is 0. The number of rotatable bonds is 3. The molecule has 3 heteroatoms. The quantitative estimate of drug-likeness (QED) is 0.867. The Morgan fingerprint density at radius 2 is 1.63 bits per heavy atom. The Labute approximate surface area is 117 Å². The van der Waals surface area contributed by atoms with Gasteiger partial charge in [-0.2, -0.15) is 0 Å². The third-order valence-corrected chi connectivity index (χ3v) is 4.53. The van der Waals surface area contributed by atoms with E-state index in [0.717, 1.165) is 11.3 Å². The maximum Gasteiger partial charge on any atom is 0.180 e. The second-order valence-corrected chi connectivity index (χ2v) is 5.71. The summed E-state index contributed by atoms with van der Waals surface area (Å²) >= 11 is 1.79. The molecule has 1 saturated heterocycles. The van der Waals surface area contributed by atoms with Crippen molar-refractivity contribution in [2.45, 2.75) is 11.4 Å². The molecule has 0 aromatic heterocycles. The van der Waals surface area contributed by atoms with Crippen LogP contribution in [0.15, 0.2) is 60.7 Å². The van der Waals surface area contributed by atoms with Crippen molar-refractivity contribution in [1.82, 2.24) is 5.32 Å². The molecule has 2 nitrogen and oxygen atoms in total. The minimum Gasteiger partial charge on any atom is -0.292 e. The smallest absolute Gasteiger partial charge is 0.180 e. The van der Waals surface area contributed by atoms with E-state index in [-0.39, 0.29) is 17.2 Å². The van der Waals surface area contributed by atoms with Crippen LogP contribution in [0.25, 0.3) is 0 Å². The Kier molecular flexibility index (Phi) is 3.67. The third-order valence-electron chi connectivity index (χ3n) is 3.26. The van der Waals surface area contributed by atoms with Gasteiger partial charge >= 0.3 is 0 Å². The molecule has 96 valence electrons. The first-order valence-corrected chi connectivity index (χ1v) is 7.41. The second kappa shape index (κ2) is 5.59. The fourth-order valence-corrected chi connectivity index (χ4v) is 3.49. The van der Waals surface area contributed by atoms with Gasteiger partial charge in [-0.3, -0.25) is 10.1 Å². The van der Waals surface area contributed by atoms with Crippen LogP contribution in [-0.2, 0) is 0 Å². The number of thioether (sulfide) groups is 1. The van der Waals surface area contributed by atoms with E-state index in [2.05, 4.69) is 17.4 Å². The van der Waals surface area contributed by atoms with Crippen molar-refractivity contribution in [2.75, 3.05) is 5.75 Å². The predicted octanol–water partition coefficient (Wildman–Crippen LogP) is 3.27. The fraction of sp³-hybridized carbons (Fsp3) is 0.188. The zero-order chi connectivity index (χ0) is 13.1. The largest absolute Gasteiger partial charge is 0.292 e. The lowest BCUT2D eigenvalue weighted by molar-refractivity contribution is 0.0955. The van der Waals surface area contributed by atoms with Crippen molar-refractivity contribution in [3.63, 3.8) is 0 Å². The van der Waals surface area contributed by atoms with Crippen molar-refractivity contribution < 1.29 is 4.79 Å². The number of Topliss-reactive ketones (excluding diaryl/α,β-unsaturated/α-hetero) is 1. The van der Waals surface area contributed by atoms with Gasteiger partial charge in [0.2, 0.25) is 0 Å². The molecule has 2 unspecified atom stereocenters. The molecule has 1 N–H and O–H groups in total. The number of benzene rings is 2. The van der Waals surface area contributed by atoms with Crippen LogP contribution in [-0.4, -0.2) is 17.6 Å². The van der Waals surface area contributed by atoms with Gasteiger partial charge in [0.1, 0.15) is 0 Å². The van der Waals surface area contributed by atoms with E-state index in [0.29, 0.717) is 0 Å². The summed E-state index contributed by atoms with van der Waals surface area (Å²) in [6.45, 7) is 0. The summed E-state index contributed by atoms with van der Waals surface area (Å²) in [6.07, 6.45) is 0. The Morgan fingerprint density at radius 1 is 1.00 bits per heavy atom. The average molecular weight is 269 g/mol. The summed E-state index contributed by atoms with van der Waals surface area (Å²) in [5, 5.41) is 3.64. The van der Waals surface area contributed by atoms with Crippen LogP contribution in [0.3, 0.4) is 0 Å². The van der Waals surface area contributed by atoms with Gasteiger partial charge in [0.25, 0.3) is 0 Å². The van der Waals surface area contributed by atoms with Crippen LogP contribution >= 0.6 is 11.8 Å². The van der Waals surface area contributed by atoms with Gasteiger partial charge in [-0.25, -0.2) is 0 Å². The van der Waals surface area contributed by atoms with E-state index in [4.69, 9.17) is 0 Å². The molecule has 1 heterocycles. The Morgan fingerprint density at radius 3 is 2.32 bits per heavy atom. The van der Waals surface area contributed by atoms with Crippen LogP contribution < -0.4 is 5.32 Å². The monoisotopic (exact) mass is 269 g/mol. The molecule has 0 radical (unpaired) electrons. The highest BCUT2D eigenvalue weighted by Crippen LogP contribution is 2.33. The fourth-order valence-electron chi connectivity index (χ4n) is 2.25. The lowest BCUT2D eigenvalue weighted by Gasteiger charge is -2.12. The Balaban J connectivity index is 1.71. The molecule has 1 aliphatic rings. The number of hydrogen-bond donors (Lipinski definition) is 1. The lowest BCUT2D eigenvalue weighted by Crippen LogP contribution is -2.34. The van der Waals surface area contributed by atoms with Crippen molar-refractivity contribution in [3.05, 3.63) is 71.8 Å². The van der Waals surface area contributed by atoms with Gasteiger partial charge in [0.15, 0.2) is 5.78 Å². The molecule has 1 aliphatic heterocycles. The number of hydrogen-bond acceptors (Lipinski definition) is 3. The molecule has 2 atom stereocenters. The second-order valence-electron chi connectivity index (χ2n) is 4.57. The van der Waals surface area contributed by atoms with Gasteiger partial charge in [-0.1, -0.05) is 60.7 Å². The van der Waals surface area contributed by atoms with Gasteiger partial charge in [0, 0.05) is 11.3 Å². The first-order chi connectivity index (χ1) is 9.34. The predicted molar refractivity (Wildman–Crippen MR) is 79.3 cm³/mol. The van der Waals surface area contributed by atoms with Crippen molar-refractivity contribution >= 4 is 17.5 Å². The van der Waals surface area contributed by atoms with Crippen LogP contribution in [0, 0.1) is 0 Å². The Hall–Kier alpha value is -1.58. The van der Waals surface area contributed by atoms with E-state index >= 15 is 0 Å². The van der Waals surface area contributed by atoms with Crippen LogP contribution in [0.2, 0.25) is 0 Å². The van der Waals surface area contributed by atoms with E-state index in [1.807, 2.05) is 48.5 Å². The maximum absolute atomic E-state index is 12.3. The minimum atomic E-state index is -0.0855. The summed E-state index contributed by atoms with van der Waals surface area (Å²) < 4.78 is 0. The molecule has 2 aromatic rings. The molecular formula is C16H15NOS. The zero-order valence-electron chi connectivity index (χ0n) is 10.5. The Bertz CT molecular complexity index is 555. The summed E-state index contributed by atoms with van der Waals surface area (Å²) in [4.78, 5) is 12.3. The summed E-state index contributed by atoms with van der Waals surface area (Å²) in [5.41, 5.74) is 2.02. The van der Waals surface area contributed by atoms with E-state index in [1.165, 1.54) is 5.56 Å². The zero-order valence-corrected chi connectivity index (χ0v) is 11.3. The molecule has 0 amide bonds. The van der Waals surface area contributed by atoms with E-state index in [1.54, 1.807) is 11.8 Å². The van der Waals surface area contributed by atoms with Gasteiger partial charge in [-0.15, -0.1) is 11.8 Å². The SMILES string of the molecule is O=C(c1ccccc1)C1CSC(c2ccccc2)N1. The third kappa shape index (κ3) is 2.72. The normalized spacial score (nSPS) is 22.3. The van der Waals surface area contributed by atoms with Crippen molar-refractivity contribution in [2.24, 2.45) is 0 Å². The van der Waals surface area contributed by atoms with Gasteiger partial charge in [-0.05, 0) is 5.56 Å². The lowest BCUT2D eigenvalue weighted by atomic mass is 10.1. The highest BCUT2D eigenvalue weighted by molar-refractivity contribution is 7.99. The molecule has 0 spiro atoms. The highest BCUT2D eigenvalue weighted by Gasteiger charge is 2.30. The molecule has 1 fully saturated rings. The van der Waals surface area contributed by atoms with Crippen molar-refractivity contribution in [3.8, 4) is 0 Å². The first kappa shape index (κ1) is 12.5. The van der Waals surface area contributed by atoms with Crippen LogP contribution in [0.5, 0.6) is 0 Å². The molecule has 2 aromatic carbocycles. The summed E-state index contributed by atoms with van der Waals surface area (Å²) in [6, 6.07) is 19.7. The number of nitrogens with one attached hydrogen (secondary N) is 1. The number of carbonyl (C=O) groups is 1. The molecular weight excluding hydrogens is 254 g/mol. The maximum atomic E-state index is 12.3. The first-order valence-electron chi connectivity index (χ1n) is 6.36. The van der Waals surface area contributed by atoms with Crippen molar-refractivity contribution in [1.29, 1.82) is 0 Å². The average Bonchev–Trinajstić information content (AvgIpc) is 2.98. The topological polar surface area (TPSA) is 29.1 Å². The molecule has 19 heavy (non-hydrogen) atoms. The minimum absolute atomic E-state index is 0.0855.